The van der Waals surface area contributed by atoms with Crippen LogP contribution in [0.5, 0.6) is 11.5 Å². The lowest BCUT2D eigenvalue weighted by Gasteiger charge is -2.12. The van der Waals surface area contributed by atoms with E-state index in [2.05, 4.69) is 15.3 Å². The molecular weight excluding hydrogens is 298 g/mol. The Morgan fingerprint density at radius 1 is 1.22 bits per heavy atom. The lowest BCUT2D eigenvalue weighted by Crippen LogP contribution is -2.09. The van der Waals surface area contributed by atoms with Crippen LogP contribution in [0.4, 0.5) is 5.82 Å². The van der Waals surface area contributed by atoms with E-state index in [0.717, 1.165) is 5.39 Å². The molecule has 0 saturated carbocycles. The normalized spacial score (nSPS) is 10.4. The van der Waals surface area contributed by atoms with E-state index in [1.165, 1.54) is 6.33 Å². The number of anilines is 1. The summed E-state index contributed by atoms with van der Waals surface area (Å²) in [6, 6.07) is 3.63. The van der Waals surface area contributed by atoms with E-state index in [1.54, 1.807) is 27.2 Å². The van der Waals surface area contributed by atoms with Crippen molar-refractivity contribution in [2.75, 3.05) is 32.7 Å². The first-order valence-corrected chi connectivity index (χ1v) is 7.45. The van der Waals surface area contributed by atoms with Crippen molar-refractivity contribution in [1.82, 2.24) is 9.97 Å². The standard InChI is InChI=1S/C16H21N3O4/c1-4-23-14(20)6-5-7-17-16-12-8-11(21-2)9-13(22-3)15(12)18-10-19-16/h8-10H,4-7H2,1-3H3,(H,17,18,19). The zero-order valence-electron chi connectivity index (χ0n) is 13.6. The second kappa shape index (κ2) is 8.17. The predicted octanol–water partition coefficient (Wildman–Crippen LogP) is 2.40. The van der Waals surface area contributed by atoms with Gasteiger partial charge in [-0.3, -0.25) is 4.79 Å². The molecule has 23 heavy (non-hydrogen) atoms. The molecule has 0 radical (unpaired) electrons. The van der Waals surface area contributed by atoms with Gasteiger partial charge in [0.1, 0.15) is 29.2 Å². The summed E-state index contributed by atoms with van der Waals surface area (Å²) in [5, 5.41) is 4.02. The molecule has 0 saturated heterocycles. The quantitative estimate of drug-likeness (QED) is 0.591. The molecule has 2 aromatic rings. The van der Waals surface area contributed by atoms with Gasteiger partial charge in [-0.1, -0.05) is 0 Å². The number of rotatable bonds is 8. The van der Waals surface area contributed by atoms with Crippen LogP contribution in [-0.2, 0) is 9.53 Å². The number of esters is 1. The molecule has 0 aliphatic heterocycles. The van der Waals surface area contributed by atoms with Crippen molar-refractivity contribution in [2.24, 2.45) is 0 Å². The SMILES string of the molecule is CCOC(=O)CCCNc1ncnc2c(OC)cc(OC)cc12. The molecule has 1 aromatic heterocycles. The Morgan fingerprint density at radius 3 is 2.74 bits per heavy atom. The summed E-state index contributed by atoms with van der Waals surface area (Å²) in [4.78, 5) is 19.8. The highest BCUT2D eigenvalue weighted by Gasteiger charge is 2.11. The van der Waals surface area contributed by atoms with Gasteiger partial charge in [-0.2, -0.15) is 0 Å². The Bertz CT molecular complexity index is 676. The number of carbonyl (C=O) groups is 1. The molecule has 0 aliphatic rings. The lowest BCUT2D eigenvalue weighted by molar-refractivity contribution is -0.143. The summed E-state index contributed by atoms with van der Waals surface area (Å²) in [7, 11) is 3.18. The third-order valence-corrected chi connectivity index (χ3v) is 3.29. The van der Waals surface area contributed by atoms with Crippen LogP contribution in [0.2, 0.25) is 0 Å². The first-order valence-electron chi connectivity index (χ1n) is 7.45. The van der Waals surface area contributed by atoms with Gasteiger partial charge in [0, 0.05) is 19.0 Å². The van der Waals surface area contributed by atoms with E-state index in [1.807, 2.05) is 6.07 Å². The molecule has 7 nitrogen and oxygen atoms in total. The Balaban J connectivity index is 2.12. The molecule has 0 bridgehead atoms. The van der Waals surface area contributed by atoms with Crippen LogP contribution in [0, 0.1) is 0 Å². The maximum absolute atomic E-state index is 11.3. The summed E-state index contributed by atoms with van der Waals surface area (Å²) in [5.41, 5.74) is 0.705. The van der Waals surface area contributed by atoms with Crippen molar-refractivity contribution in [3.8, 4) is 11.5 Å². The molecule has 0 unspecified atom stereocenters. The lowest BCUT2D eigenvalue weighted by atomic mass is 10.2. The topological polar surface area (TPSA) is 82.6 Å². The summed E-state index contributed by atoms with van der Waals surface area (Å²) < 4.78 is 15.5. The Morgan fingerprint density at radius 2 is 2.04 bits per heavy atom. The number of hydrogen-bond acceptors (Lipinski definition) is 7. The number of hydrogen-bond donors (Lipinski definition) is 1. The van der Waals surface area contributed by atoms with Crippen molar-refractivity contribution in [3.05, 3.63) is 18.5 Å². The van der Waals surface area contributed by atoms with Crippen LogP contribution in [0.3, 0.4) is 0 Å². The van der Waals surface area contributed by atoms with E-state index in [4.69, 9.17) is 14.2 Å². The van der Waals surface area contributed by atoms with Gasteiger partial charge in [-0.05, 0) is 19.4 Å². The van der Waals surface area contributed by atoms with E-state index in [-0.39, 0.29) is 5.97 Å². The van der Waals surface area contributed by atoms with Gasteiger partial charge in [0.15, 0.2) is 0 Å². The highest BCUT2D eigenvalue weighted by Crippen LogP contribution is 2.32. The number of nitrogens with one attached hydrogen (secondary N) is 1. The van der Waals surface area contributed by atoms with Crippen LogP contribution in [0.15, 0.2) is 18.5 Å². The van der Waals surface area contributed by atoms with E-state index < -0.39 is 0 Å². The molecule has 0 aliphatic carbocycles. The maximum Gasteiger partial charge on any atom is 0.305 e. The molecule has 0 amide bonds. The summed E-state index contributed by atoms with van der Waals surface area (Å²) in [6.45, 7) is 2.80. The number of nitrogens with zero attached hydrogens (tertiary/aromatic N) is 2. The fourth-order valence-electron chi connectivity index (χ4n) is 2.20. The van der Waals surface area contributed by atoms with Crippen LogP contribution >= 0.6 is 0 Å². The van der Waals surface area contributed by atoms with Crippen molar-refractivity contribution in [2.45, 2.75) is 19.8 Å². The zero-order chi connectivity index (χ0) is 16.7. The van der Waals surface area contributed by atoms with Gasteiger partial charge in [0.2, 0.25) is 0 Å². The highest BCUT2D eigenvalue weighted by molar-refractivity contribution is 5.94. The van der Waals surface area contributed by atoms with Crippen LogP contribution in [0.25, 0.3) is 10.9 Å². The van der Waals surface area contributed by atoms with Gasteiger partial charge in [0.05, 0.1) is 26.2 Å². The fourth-order valence-corrected chi connectivity index (χ4v) is 2.20. The molecule has 0 spiro atoms. The molecule has 7 heteroatoms. The minimum absolute atomic E-state index is 0.190. The van der Waals surface area contributed by atoms with E-state index in [9.17, 15) is 4.79 Å². The van der Waals surface area contributed by atoms with Crippen LogP contribution in [-0.4, -0.2) is 43.3 Å². The first kappa shape index (κ1) is 16.8. The molecular formula is C16H21N3O4. The van der Waals surface area contributed by atoms with Gasteiger partial charge in [-0.25, -0.2) is 9.97 Å². The second-order valence-corrected chi connectivity index (χ2v) is 4.78. The third kappa shape index (κ3) is 4.21. The van der Waals surface area contributed by atoms with Gasteiger partial charge in [-0.15, -0.1) is 0 Å². The van der Waals surface area contributed by atoms with Crippen LogP contribution < -0.4 is 14.8 Å². The summed E-state index contributed by atoms with van der Waals surface area (Å²) in [6.07, 6.45) is 2.51. The van der Waals surface area contributed by atoms with Crippen molar-refractivity contribution < 1.29 is 19.0 Å². The van der Waals surface area contributed by atoms with Crippen LogP contribution in [0.1, 0.15) is 19.8 Å². The number of methoxy groups -OCH3 is 2. The molecule has 1 N–H and O–H groups in total. The number of benzene rings is 1. The number of ether oxygens (including phenoxy) is 3. The second-order valence-electron chi connectivity index (χ2n) is 4.78. The minimum atomic E-state index is -0.190. The number of fused-ring (bicyclic) bond motifs is 1. The van der Waals surface area contributed by atoms with E-state index >= 15 is 0 Å². The Hall–Kier alpha value is -2.57. The van der Waals surface area contributed by atoms with Crippen molar-refractivity contribution in [3.63, 3.8) is 0 Å². The third-order valence-electron chi connectivity index (χ3n) is 3.29. The first-order chi connectivity index (χ1) is 11.2. The average Bonchev–Trinajstić information content (AvgIpc) is 2.58. The summed E-state index contributed by atoms with van der Waals surface area (Å²) >= 11 is 0. The molecule has 1 heterocycles. The molecule has 0 atom stereocenters. The Kier molecular flexibility index (Phi) is 5.96. The average molecular weight is 319 g/mol. The van der Waals surface area contributed by atoms with Gasteiger partial charge < -0.3 is 19.5 Å². The van der Waals surface area contributed by atoms with Gasteiger partial charge >= 0.3 is 5.97 Å². The minimum Gasteiger partial charge on any atom is -0.497 e. The van der Waals surface area contributed by atoms with E-state index in [0.29, 0.717) is 48.8 Å². The molecule has 2 rings (SSSR count). The highest BCUT2D eigenvalue weighted by atomic mass is 16.5. The maximum atomic E-state index is 11.3. The Labute approximate surface area is 135 Å². The smallest absolute Gasteiger partial charge is 0.305 e. The number of aromatic nitrogens is 2. The number of carbonyl (C=O) groups excluding carboxylic acids is 1. The fraction of sp³-hybridized carbons (Fsp3) is 0.438. The van der Waals surface area contributed by atoms with Crippen molar-refractivity contribution in [1.29, 1.82) is 0 Å². The van der Waals surface area contributed by atoms with Gasteiger partial charge in [0.25, 0.3) is 0 Å². The van der Waals surface area contributed by atoms with Crippen molar-refractivity contribution >= 4 is 22.7 Å². The largest absolute Gasteiger partial charge is 0.497 e. The molecule has 0 fully saturated rings. The molecule has 124 valence electrons. The molecule has 1 aromatic carbocycles. The predicted molar refractivity (Wildman–Crippen MR) is 87.0 cm³/mol. The summed E-state index contributed by atoms with van der Waals surface area (Å²) in [5.74, 6) is 1.77. The zero-order valence-corrected chi connectivity index (χ0v) is 13.6. The monoisotopic (exact) mass is 319 g/mol.